The van der Waals surface area contributed by atoms with Crippen LogP contribution in [0.25, 0.3) is 0 Å². The topological polar surface area (TPSA) is 255 Å². The Kier molecular flexibility index (Phi) is 26.5. The summed E-state index contributed by atoms with van der Waals surface area (Å²) >= 11 is 0. The van der Waals surface area contributed by atoms with Crippen LogP contribution in [0, 0.1) is 11.8 Å². The Bertz CT molecular complexity index is 1350. The zero-order valence-electron chi connectivity index (χ0n) is 34.7. The van der Waals surface area contributed by atoms with Crippen molar-refractivity contribution in [1.29, 1.82) is 0 Å². The number of aromatic hydroxyl groups is 1. The fraction of sp³-hybridized carbons (Fsp3) is 0.721. The van der Waals surface area contributed by atoms with E-state index in [1.807, 2.05) is 0 Å². The third-order valence-corrected chi connectivity index (χ3v) is 10.9. The number of hydrogen-bond acceptors (Lipinski definition) is 9. The summed E-state index contributed by atoms with van der Waals surface area (Å²) in [5.74, 6) is -1.57. The van der Waals surface area contributed by atoms with Crippen molar-refractivity contribution in [3.8, 4) is 5.75 Å². The molecule has 2 atom stereocenters. The highest BCUT2D eigenvalue weighted by Gasteiger charge is 2.29. The Morgan fingerprint density at radius 3 is 1.79 bits per heavy atom. The first kappa shape index (κ1) is 49.9. The number of carbonyl (C=O) groups excluding carboxylic acids is 5. The minimum Gasteiger partial charge on any atom is -0.508 e. The molecule has 0 aliphatic heterocycles. The first-order valence-corrected chi connectivity index (χ1v) is 21.8. The van der Waals surface area contributed by atoms with Gasteiger partial charge in [-0.15, -0.1) is 0 Å². The Morgan fingerprint density at radius 2 is 1.19 bits per heavy atom. The normalized spacial score (nSPS) is 16.1. The molecular formula is C43H73N7O8. The lowest BCUT2D eigenvalue weighted by atomic mass is 9.81. The summed E-state index contributed by atoms with van der Waals surface area (Å²) in [6.07, 6.45) is 17.0. The third kappa shape index (κ3) is 23.2. The van der Waals surface area contributed by atoms with Crippen molar-refractivity contribution in [1.82, 2.24) is 26.6 Å². The number of amides is 5. The lowest BCUT2D eigenvalue weighted by molar-refractivity contribution is -0.142. The van der Waals surface area contributed by atoms with Crippen LogP contribution >= 0.6 is 0 Å². The van der Waals surface area contributed by atoms with E-state index >= 15 is 0 Å². The minimum absolute atomic E-state index is 0.0614. The molecule has 15 nitrogen and oxygen atoms in total. The quantitative estimate of drug-likeness (QED) is 0.0477. The Morgan fingerprint density at radius 1 is 0.621 bits per heavy atom. The van der Waals surface area contributed by atoms with Crippen molar-refractivity contribution < 1.29 is 39.0 Å². The maximum absolute atomic E-state index is 13.2. The maximum Gasteiger partial charge on any atom is 0.326 e. The number of benzene rings is 1. The van der Waals surface area contributed by atoms with Gasteiger partial charge in [0.1, 0.15) is 17.8 Å². The number of rotatable bonds is 32. The molecule has 0 heterocycles. The molecule has 328 valence electrons. The van der Waals surface area contributed by atoms with Gasteiger partial charge < -0.3 is 48.3 Å². The van der Waals surface area contributed by atoms with E-state index in [-0.39, 0.29) is 54.2 Å². The molecule has 0 spiro atoms. The van der Waals surface area contributed by atoms with Gasteiger partial charge in [-0.3, -0.25) is 24.0 Å². The predicted octanol–water partition coefficient (Wildman–Crippen LogP) is 3.69. The molecule has 1 aliphatic carbocycles. The Hall–Kier alpha value is -4.24. The summed E-state index contributed by atoms with van der Waals surface area (Å²) in [6.45, 7) is 2.04. The van der Waals surface area contributed by atoms with Crippen molar-refractivity contribution in [3.63, 3.8) is 0 Å². The van der Waals surface area contributed by atoms with Gasteiger partial charge in [0.15, 0.2) is 0 Å². The van der Waals surface area contributed by atoms with E-state index in [0.29, 0.717) is 77.0 Å². The fourth-order valence-corrected chi connectivity index (χ4v) is 7.17. The van der Waals surface area contributed by atoms with Crippen molar-refractivity contribution in [2.45, 2.75) is 153 Å². The summed E-state index contributed by atoms with van der Waals surface area (Å²) in [6, 6.07) is 5.00. The van der Waals surface area contributed by atoms with Gasteiger partial charge >= 0.3 is 5.97 Å². The van der Waals surface area contributed by atoms with Crippen molar-refractivity contribution in [2.24, 2.45) is 23.3 Å². The number of nitrogens with two attached hydrogens (primary N) is 2. The number of phenolic OH excluding ortho intramolecular Hbond substituents is 1. The summed E-state index contributed by atoms with van der Waals surface area (Å²) in [5, 5.41) is 33.0. The van der Waals surface area contributed by atoms with Crippen LogP contribution in [0.15, 0.2) is 24.3 Å². The van der Waals surface area contributed by atoms with Crippen LogP contribution in [0.2, 0.25) is 0 Å². The third-order valence-electron chi connectivity index (χ3n) is 10.9. The van der Waals surface area contributed by atoms with Gasteiger partial charge in [-0.1, -0.05) is 63.5 Å². The van der Waals surface area contributed by atoms with E-state index in [2.05, 4.69) is 26.6 Å². The monoisotopic (exact) mass is 816 g/mol. The highest BCUT2D eigenvalue weighted by atomic mass is 16.4. The van der Waals surface area contributed by atoms with E-state index in [0.717, 1.165) is 95.5 Å². The van der Waals surface area contributed by atoms with Gasteiger partial charge in [0.25, 0.3) is 0 Å². The lowest BCUT2D eigenvalue weighted by Crippen LogP contribution is -2.50. The summed E-state index contributed by atoms with van der Waals surface area (Å²) in [5.41, 5.74) is 12.1. The van der Waals surface area contributed by atoms with E-state index < -0.39 is 18.1 Å². The molecule has 15 heteroatoms. The maximum atomic E-state index is 13.2. The van der Waals surface area contributed by atoms with Gasteiger partial charge in [-0.25, -0.2) is 4.79 Å². The molecule has 58 heavy (non-hydrogen) atoms. The van der Waals surface area contributed by atoms with Gasteiger partial charge in [0, 0.05) is 38.3 Å². The van der Waals surface area contributed by atoms with Crippen LogP contribution in [-0.2, 0) is 35.2 Å². The fourth-order valence-electron chi connectivity index (χ4n) is 7.17. The SMILES string of the molecule is NCCCC[C@H](NC(=O)CCCCCCCCCCCNC(=O)CNC(=O)CCCCCNC(=O)[C@H](Cc1ccc(O)cc1)NC(=O)C1CCC(CN)CC1)C(=O)O. The Balaban J connectivity index is 1.47. The second-order valence-corrected chi connectivity index (χ2v) is 15.8. The molecule has 1 saturated carbocycles. The molecule has 0 unspecified atom stereocenters. The molecule has 5 amide bonds. The van der Waals surface area contributed by atoms with E-state index in [1.165, 1.54) is 0 Å². The first-order chi connectivity index (χ1) is 28.0. The molecule has 0 aromatic heterocycles. The van der Waals surface area contributed by atoms with Gasteiger partial charge in [0.05, 0.1) is 6.54 Å². The number of carboxylic acid groups (broad SMARTS) is 1. The van der Waals surface area contributed by atoms with E-state index in [9.17, 15) is 39.0 Å². The Labute approximate surface area is 345 Å². The highest BCUT2D eigenvalue weighted by molar-refractivity contribution is 5.89. The molecule has 1 aromatic rings. The molecule has 0 radical (unpaired) electrons. The smallest absolute Gasteiger partial charge is 0.326 e. The van der Waals surface area contributed by atoms with Crippen LogP contribution < -0.4 is 38.1 Å². The first-order valence-electron chi connectivity index (χ1n) is 21.8. The molecule has 0 bridgehead atoms. The number of carbonyl (C=O) groups is 6. The van der Waals surface area contributed by atoms with Crippen LogP contribution in [0.5, 0.6) is 5.75 Å². The largest absolute Gasteiger partial charge is 0.508 e. The number of nitrogens with one attached hydrogen (secondary N) is 5. The highest BCUT2D eigenvalue weighted by Crippen LogP contribution is 2.28. The lowest BCUT2D eigenvalue weighted by Gasteiger charge is -2.28. The predicted molar refractivity (Wildman–Crippen MR) is 224 cm³/mol. The van der Waals surface area contributed by atoms with Crippen LogP contribution in [0.1, 0.15) is 140 Å². The summed E-state index contributed by atoms with van der Waals surface area (Å²) in [7, 11) is 0. The van der Waals surface area contributed by atoms with Gasteiger partial charge in [-0.05, 0) is 107 Å². The summed E-state index contributed by atoms with van der Waals surface area (Å²) in [4.78, 5) is 74.1. The molecule has 1 aliphatic rings. The van der Waals surface area contributed by atoms with Crippen LogP contribution in [0.3, 0.4) is 0 Å². The van der Waals surface area contributed by atoms with Crippen molar-refractivity contribution in [2.75, 3.05) is 32.7 Å². The molecule has 0 saturated heterocycles. The number of unbranched alkanes of at least 4 members (excludes halogenated alkanes) is 11. The molecule has 2 rings (SSSR count). The van der Waals surface area contributed by atoms with E-state index in [4.69, 9.17) is 11.5 Å². The number of phenols is 1. The van der Waals surface area contributed by atoms with Crippen LogP contribution in [-0.4, -0.2) is 90.5 Å². The number of carboxylic acids is 1. The molecule has 1 aromatic carbocycles. The molecule has 11 N–H and O–H groups in total. The van der Waals surface area contributed by atoms with Gasteiger partial charge in [0.2, 0.25) is 29.5 Å². The summed E-state index contributed by atoms with van der Waals surface area (Å²) < 4.78 is 0. The number of aliphatic carboxylic acids is 1. The van der Waals surface area contributed by atoms with Crippen molar-refractivity contribution in [3.05, 3.63) is 29.8 Å². The second-order valence-electron chi connectivity index (χ2n) is 15.8. The van der Waals surface area contributed by atoms with E-state index in [1.54, 1.807) is 24.3 Å². The zero-order chi connectivity index (χ0) is 42.4. The molecule has 1 fully saturated rings. The second kappa shape index (κ2) is 30.8. The van der Waals surface area contributed by atoms with Gasteiger partial charge in [-0.2, -0.15) is 0 Å². The molecular weight excluding hydrogens is 743 g/mol. The number of hydrogen-bond donors (Lipinski definition) is 9. The standard InChI is InChI=1S/C43H73N7O8/c44-26-12-11-15-36(43(57)58)49-39(53)17-9-6-4-2-1-3-5-7-13-27-46-40(54)31-48-38(52)16-10-8-14-28-47-42(56)37(29-32-20-24-35(51)25-21-32)50-41(55)34-22-18-33(30-45)19-23-34/h20-21,24-25,33-34,36-37,51H,1-19,22-23,26-31,44-45H2,(H,46,54)(H,47,56)(H,48,52)(H,49,53)(H,50,55)(H,57,58)/t33?,34?,36-,37-/m0/s1. The average Bonchev–Trinajstić information content (AvgIpc) is 3.21. The van der Waals surface area contributed by atoms with Crippen LogP contribution in [0.4, 0.5) is 0 Å². The van der Waals surface area contributed by atoms with Crippen molar-refractivity contribution >= 4 is 35.5 Å². The minimum atomic E-state index is -1.01. The average molecular weight is 816 g/mol. The zero-order valence-corrected chi connectivity index (χ0v) is 34.7.